The summed E-state index contributed by atoms with van der Waals surface area (Å²) < 4.78 is 41.1. The van der Waals surface area contributed by atoms with Gasteiger partial charge >= 0.3 is 0 Å². The molecule has 0 fully saturated rings. The van der Waals surface area contributed by atoms with Gasteiger partial charge in [-0.25, -0.2) is 13.2 Å². The van der Waals surface area contributed by atoms with Crippen molar-refractivity contribution in [3.05, 3.63) is 51.6 Å². The molecule has 1 aromatic heterocycles. The predicted molar refractivity (Wildman–Crippen MR) is 73.0 cm³/mol. The second-order valence-corrected chi connectivity index (χ2v) is 5.06. The maximum atomic E-state index is 13.3. The van der Waals surface area contributed by atoms with Crippen LogP contribution in [0.1, 0.15) is 22.9 Å². The highest BCUT2D eigenvalue weighted by Gasteiger charge is 2.20. The quantitative estimate of drug-likeness (QED) is 0.517. The van der Waals surface area contributed by atoms with E-state index in [-0.39, 0.29) is 12.0 Å². The van der Waals surface area contributed by atoms with E-state index >= 15 is 0 Å². The molecule has 1 aromatic carbocycles. The minimum Gasteiger partial charge on any atom is -0.271 e. The van der Waals surface area contributed by atoms with Gasteiger partial charge in [0.15, 0.2) is 17.5 Å². The first kappa shape index (κ1) is 15.8. The first-order valence-corrected chi connectivity index (χ1v) is 6.51. The van der Waals surface area contributed by atoms with E-state index in [1.807, 2.05) is 0 Å². The van der Waals surface area contributed by atoms with E-state index < -0.39 is 23.5 Å². The fraction of sp³-hybridized carbons (Fsp3) is 0.308. The van der Waals surface area contributed by atoms with Gasteiger partial charge < -0.3 is 0 Å². The Bertz CT molecular complexity index is 649. The monoisotopic (exact) mass is 318 g/mol. The summed E-state index contributed by atoms with van der Waals surface area (Å²) in [6.07, 6.45) is 0.263. The molecule has 0 aliphatic rings. The van der Waals surface area contributed by atoms with Gasteiger partial charge in [-0.15, -0.1) is 0 Å². The first-order valence-electron chi connectivity index (χ1n) is 6.13. The van der Waals surface area contributed by atoms with Crippen molar-refractivity contribution < 1.29 is 13.2 Å². The summed E-state index contributed by atoms with van der Waals surface area (Å²) in [5.74, 6) is 1.40. The summed E-state index contributed by atoms with van der Waals surface area (Å²) in [5, 5.41) is 4.56. The van der Waals surface area contributed by atoms with Crippen LogP contribution in [0, 0.1) is 24.4 Å². The average Bonchev–Trinajstić information content (AvgIpc) is 2.67. The molecule has 4 nitrogen and oxygen atoms in total. The van der Waals surface area contributed by atoms with Gasteiger partial charge in [-0.3, -0.25) is 16.0 Å². The molecule has 0 spiro atoms. The molecule has 0 bridgehead atoms. The Morgan fingerprint density at radius 3 is 2.33 bits per heavy atom. The molecular formula is C13H14ClF3N4. The van der Waals surface area contributed by atoms with Crippen molar-refractivity contribution in [1.82, 2.24) is 15.2 Å². The Morgan fingerprint density at radius 1 is 1.33 bits per heavy atom. The number of halogens is 4. The van der Waals surface area contributed by atoms with Crippen LogP contribution in [0.15, 0.2) is 12.1 Å². The molecule has 8 heteroatoms. The van der Waals surface area contributed by atoms with Crippen molar-refractivity contribution in [2.45, 2.75) is 19.4 Å². The largest absolute Gasteiger partial charge is 0.271 e. The van der Waals surface area contributed by atoms with Crippen LogP contribution < -0.4 is 11.3 Å². The predicted octanol–water partition coefficient (Wildman–Crippen LogP) is 2.55. The van der Waals surface area contributed by atoms with Crippen LogP contribution in [-0.2, 0) is 13.5 Å². The first-order chi connectivity index (χ1) is 9.85. The third kappa shape index (κ3) is 3.04. The molecule has 2 aromatic rings. The minimum absolute atomic E-state index is 0.188. The van der Waals surface area contributed by atoms with Crippen LogP contribution in [0.25, 0.3) is 0 Å². The molecule has 0 saturated carbocycles. The Labute approximate surface area is 124 Å². The summed E-state index contributed by atoms with van der Waals surface area (Å²) in [5.41, 5.74) is 4.03. The van der Waals surface area contributed by atoms with Crippen LogP contribution in [0.5, 0.6) is 0 Å². The lowest BCUT2D eigenvalue weighted by molar-refractivity contribution is 0.439. The summed E-state index contributed by atoms with van der Waals surface area (Å²) in [6, 6.07) is 1.18. The highest BCUT2D eigenvalue weighted by Crippen LogP contribution is 2.27. The van der Waals surface area contributed by atoms with Crippen molar-refractivity contribution in [3.63, 3.8) is 0 Å². The number of aryl methyl sites for hydroxylation is 2. The van der Waals surface area contributed by atoms with Crippen LogP contribution in [0.3, 0.4) is 0 Å². The van der Waals surface area contributed by atoms with Gasteiger partial charge in [0.05, 0.1) is 11.7 Å². The highest BCUT2D eigenvalue weighted by atomic mass is 35.5. The molecule has 3 N–H and O–H groups in total. The molecule has 1 unspecified atom stereocenters. The van der Waals surface area contributed by atoms with Gasteiger partial charge in [-0.1, -0.05) is 11.6 Å². The summed E-state index contributed by atoms with van der Waals surface area (Å²) in [7, 11) is 1.68. The van der Waals surface area contributed by atoms with E-state index in [0.717, 1.165) is 12.1 Å². The van der Waals surface area contributed by atoms with E-state index in [0.29, 0.717) is 16.4 Å². The molecule has 21 heavy (non-hydrogen) atoms. The van der Waals surface area contributed by atoms with E-state index in [4.69, 9.17) is 17.4 Å². The second-order valence-electron chi connectivity index (χ2n) is 4.70. The van der Waals surface area contributed by atoms with E-state index in [9.17, 15) is 13.2 Å². The molecule has 114 valence electrons. The lowest BCUT2D eigenvalue weighted by Gasteiger charge is -2.17. The molecular weight excluding hydrogens is 305 g/mol. The standard InChI is InChI=1S/C13H14ClF3N4/c1-6-8(13(14)21(2)20-6)5-11(19-18)7-3-9(15)12(17)10(16)4-7/h3-4,11,19H,5,18H2,1-2H3. The molecule has 0 aliphatic heterocycles. The van der Waals surface area contributed by atoms with E-state index in [2.05, 4.69) is 10.5 Å². The van der Waals surface area contributed by atoms with E-state index in [1.165, 1.54) is 4.68 Å². The number of rotatable bonds is 4. The van der Waals surface area contributed by atoms with Crippen LogP contribution in [-0.4, -0.2) is 9.78 Å². The summed E-state index contributed by atoms with van der Waals surface area (Å²) >= 11 is 6.11. The van der Waals surface area contributed by atoms with Gasteiger partial charge in [0.25, 0.3) is 0 Å². The molecule has 0 amide bonds. The van der Waals surface area contributed by atoms with Gasteiger partial charge in [0.1, 0.15) is 5.15 Å². The summed E-state index contributed by atoms with van der Waals surface area (Å²) in [6.45, 7) is 1.76. The molecule has 2 rings (SSSR count). The number of nitrogens with two attached hydrogens (primary N) is 1. The van der Waals surface area contributed by atoms with Crippen LogP contribution >= 0.6 is 11.6 Å². The normalized spacial score (nSPS) is 12.7. The Balaban J connectivity index is 2.36. The Hall–Kier alpha value is -1.57. The number of nitrogens with one attached hydrogen (secondary N) is 1. The smallest absolute Gasteiger partial charge is 0.194 e. The zero-order valence-corrected chi connectivity index (χ0v) is 12.2. The lowest BCUT2D eigenvalue weighted by atomic mass is 9.99. The Kier molecular flexibility index (Phi) is 4.55. The van der Waals surface area contributed by atoms with Gasteiger partial charge in [-0.2, -0.15) is 5.10 Å². The lowest BCUT2D eigenvalue weighted by Crippen LogP contribution is -2.30. The fourth-order valence-electron chi connectivity index (χ4n) is 2.16. The molecule has 0 radical (unpaired) electrons. The van der Waals surface area contributed by atoms with Gasteiger partial charge in [0, 0.05) is 12.6 Å². The molecule has 1 atom stereocenters. The van der Waals surface area contributed by atoms with Crippen molar-refractivity contribution in [2.24, 2.45) is 12.9 Å². The van der Waals surface area contributed by atoms with Crippen molar-refractivity contribution in [1.29, 1.82) is 0 Å². The Morgan fingerprint density at radius 2 is 1.90 bits per heavy atom. The SMILES string of the molecule is Cc1nn(C)c(Cl)c1CC(NN)c1cc(F)c(F)c(F)c1. The second kappa shape index (κ2) is 6.05. The number of hydrogen-bond donors (Lipinski definition) is 2. The highest BCUT2D eigenvalue weighted by molar-refractivity contribution is 6.30. The van der Waals surface area contributed by atoms with Crippen LogP contribution in [0.2, 0.25) is 5.15 Å². The van der Waals surface area contributed by atoms with Gasteiger partial charge in [-0.05, 0) is 31.0 Å². The maximum absolute atomic E-state index is 13.3. The fourth-order valence-corrected chi connectivity index (χ4v) is 2.41. The molecule has 0 aliphatic carbocycles. The molecule has 1 heterocycles. The molecule has 0 saturated heterocycles. The zero-order valence-electron chi connectivity index (χ0n) is 11.4. The third-order valence-electron chi connectivity index (χ3n) is 3.29. The van der Waals surface area contributed by atoms with Crippen LogP contribution in [0.4, 0.5) is 13.2 Å². The number of nitrogens with zero attached hydrogens (tertiary/aromatic N) is 2. The van der Waals surface area contributed by atoms with Crippen molar-refractivity contribution >= 4 is 11.6 Å². The number of hydrogen-bond acceptors (Lipinski definition) is 3. The minimum atomic E-state index is -1.51. The van der Waals surface area contributed by atoms with Crippen molar-refractivity contribution in [2.75, 3.05) is 0 Å². The number of benzene rings is 1. The number of aromatic nitrogens is 2. The van der Waals surface area contributed by atoms with Crippen molar-refractivity contribution in [3.8, 4) is 0 Å². The number of hydrazine groups is 1. The van der Waals surface area contributed by atoms with E-state index in [1.54, 1.807) is 14.0 Å². The summed E-state index contributed by atoms with van der Waals surface area (Å²) in [4.78, 5) is 0. The zero-order chi connectivity index (χ0) is 15.7. The van der Waals surface area contributed by atoms with Gasteiger partial charge in [0.2, 0.25) is 0 Å². The average molecular weight is 319 g/mol. The topological polar surface area (TPSA) is 55.9 Å². The maximum Gasteiger partial charge on any atom is 0.194 e. The third-order valence-corrected chi connectivity index (χ3v) is 3.76.